The third-order valence-electron chi connectivity index (χ3n) is 14.8. The van der Waals surface area contributed by atoms with Gasteiger partial charge in [-0.15, -0.1) is 0 Å². The van der Waals surface area contributed by atoms with E-state index in [1.807, 2.05) is 0 Å². The molecule has 4 bridgehead atoms. The Morgan fingerprint density at radius 1 is 0.521 bits per heavy atom. The second kappa shape index (κ2) is 17.8. The van der Waals surface area contributed by atoms with Crippen LogP contribution in [0, 0.1) is 3.80 Å². The molecular weight excluding hydrogens is 1050 g/mol. The van der Waals surface area contributed by atoms with Crippen molar-refractivity contribution in [3.8, 4) is 45.3 Å². The van der Waals surface area contributed by atoms with E-state index in [1.54, 1.807) is 0 Å². The number of fused-ring (bicyclic) bond motifs is 3. The molecule has 7 aromatic carbocycles. The number of hydrogen-bond donors (Lipinski definition) is 0. The number of imidazole rings is 1. The Bertz CT molecular complexity index is 3850. The summed E-state index contributed by atoms with van der Waals surface area (Å²) in [6.07, 6.45) is 8.37. The molecule has 2 aliphatic heterocycles. The number of nitrogens with zero attached hydrogens (tertiary/aromatic N) is 4. The first-order chi connectivity index (χ1) is 34.5. The van der Waals surface area contributed by atoms with E-state index in [0.29, 0.717) is 0 Å². The fourth-order valence-electron chi connectivity index (χ4n) is 10.7. The first-order valence-corrected chi connectivity index (χ1v) is 26.0. The van der Waals surface area contributed by atoms with Crippen molar-refractivity contribution >= 4 is 27.3 Å². The van der Waals surface area contributed by atoms with Crippen LogP contribution in [0.3, 0.4) is 0 Å². The zero-order valence-electron chi connectivity index (χ0n) is 40.9. The first kappa shape index (κ1) is 44.8. The van der Waals surface area contributed by atoms with Gasteiger partial charge in [-0.25, -0.2) is 0 Å². The Labute approximate surface area is 427 Å². The Morgan fingerprint density at radius 3 is 1.97 bits per heavy atom. The summed E-state index contributed by atoms with van der Waals surface area (Å²) in [6.45, 7) is 11.5. The van der Waals surface area contributed by atoms with Crippen molar-refractivity contribution < 1.29 is 24.1 Å². The monoisotopic (exact) mass is 1100 g/mol. The Kier molecular flexibility index (Phi) is 11.3. The molecule has 0 amide bonds. The molecule has 0 radical (unpaired) electrons. The van der Waals surface area contributed by atoms with Gasteiger partial charge in [0.05, 0.1) is 0 Å². The van der Waals surface area contributed by atoms with Gasteiger partial charge in [-0.3, -0.25) is 0 Å². The van der Waals surface area contributed by atoms with Crippen molar-refractivity contribution in [3.05, 3.63) is 243 Å². The van der Waals surface area contributed by atoms with E-state index in [2.05, 4.69) is 268 Å². The molecule has 15 rings (SSSR count). The van der Waals surface area contributed by atoms with Crippen LogP contribution < -0.4 is 4.74 Å². The predicted octanol–water partition coefficient (Wildman–Crippen LogP) is 15.9. The number of rotatable bonds is 8. The summed E-state index contributed by atoms with van der Waals surface area (Å²) in [5.74, 6) is 2.39. The van der Waals surface area contributed by atoms with Crippen molar-refractivity contribution in [2.24, 2.45) is 0 Å². The van der Waals surface area contributed by atoms with Crippen molar-refractivity contribution in [1.29, 1.82) is 0 Å². The van der Waals surface area contributed by atoms with Gasteiger partial charge in [0.25, 0.3) is 0 Å². The van der Waals surface area contributed by atoms with E-state index in [4.69, 9.17) is 9.72 Å². The Balaban J connectivity index is 0.977. The second-order valence-electron chi connectivity index (χ2n) is 20.7. The van der Waals surface area contributed by atoms with Gasteiger partial charge in [0.15, 0.2) is 0 Å². The molecule has 4 aromatic heterocycles. The van der Waals surface area contributed by atoms with Crippen LogP contribution in [0.15, 0.2) is 200 Å². The summed E-state index contributed by atoms with van der Waals surface area (Å²) in [7, 11) is 0. The summed E-state index contributed by atoms with van der Waals surface area (Å²) in [6, 6.07) is 68.6. The summed E-state index contributed by atoms with van der Waals surface area (Å²) >= 11 is 2.51. The average Bonchev–Trinajstić information content (AvgIpc) is 3.91. The van der Waals surface area contributed by atoms with Gasteiger partial charge in [-0.2, -0.15) is 0 Å². The first-order valence-electron chi connectivity index (χ1n) is 24.8. The smallest absolute Gasteiger partial charge is 0.0622 e. The molecule has 6 heteroatoms. The van der Waals surface area contributed by atoms with E-state index in [1.165, 1.54) is 55.7 Å². The number of aryl methyl sites for hydroxylation is 4. The van der Waals surface area contributed by atoms with E-state index in [-0.39, 0.29) is 10.8 Å². The van der Waals surface area contributed by atoms with Crippen LogP contribution in [0.2, 0.25) is 0 Å². The molecule has 6 heterocycles. The predicted molar refractivity (Wildman–Crippen MR) is 288 cm³/mol. The summed E-state index contributed by atoms with van der Waals surface area (Å²) in [5.41, 5.74) is 18.0. The fourth-order valence-corrected chi connectivity index (χ4v) is 11.7. The SMILES string of the molecule is CC(C)(C)c1ccc(-c2cnc(-n3c4ccc(-c5ccccc5)cc4c4ccc(Oc5cccc(-n6cc7c8ccc(n7[c]6=[Pt])CCc6ccc(cc6)CC8)c5)cc43)cc2C(C)(C)c2ccccc2)cc1. The van der Waals surface area contributed by atoms with Crippen LogP contribution in [-0.2, 0) is 55.9 Å². The van der Waals surface area contributed by atoms with Gasteiger partial charge in [0, 0.05) is 17.2 Å². The number of pyridine rings is 2. The molecule has 4 aliphatic rings. The summed E-state index contributed by atoms with van der Waals surface area (Å²) < 4.78 is 15.2. The van der Waals surface area contributed by atoms with Gasteiger partial charge in [-0.05, 0) is 38.8 Å². The summed E-state index contributed by atoms with van der Waals surface area (Å²) in [4.78, 5) is 5.37. The van der Waals surface area contributed by atoms with Crippen molar-refractivity contribution in [2.75, 3.05) is 0 Å². The number of benzene rings is 7. The molecule has 0 N–H and O–H groups in total. The van der Waals surface area contributed by atoms with E-state index in [0.717, 1.165) is 85.4 Å². The van der Waals surface area contributed by atoms with Crippen LogP contribution in [0.5, 0.6) is 11.5 Å². The van der Waals surface area contributed by atoms with Crippen molar-refractivity contribution in [1.82, 2.24) is 18.5 Å². The molecule has 0 saturated carbocycles. The second-order valence-corrected chi connectivity index (χ2v) is 21.8. The third-order valence-corrected chi connectivity index (χ3v) is 15.9. The van der Waals surface area contributed by atoms with Crippen molar-refractivity contribution in [2.45, 2.75) is 71.1 Å². The van der Waals surface area contributed by atoms with Gasteiger partial charge in [0.1, 0.15) is 0 Å². The van der Waals surface area contributed by atoms with Crippen LogP contribution in [-0.4, -0.2) is 18.5 Å². The average molecular weight is 1100 g/mol. The molecule has 71 heavy (non-hydrogen) atoms. The Morgan fingerprint density at radius 2 is 1.23 bits per heavy atom. The molecule has 0 spiro atoms. The molecule has 0 atom stereocenters. The molecule has 11 aromatic rings. The third kappa shape index (κ3) is 8.30. The minimum atomic E-state index is -0.346. The zero-order chi connectivity index (χ0) is 48.4. The number of aromatic nitrogens is 4. The molecular formula is C65H56N4OPt. The molecule has 2 aliphatic carbocycles. The molecule has 352 valence electrons. The quantitative estimate of drug-likeness (QED) is 0.152. The van der Waals surface area contributed by atoms with Gasteiger partial charge in [-0.1, -0.05) is 126 Å². The van der Waals surface area contributed by atoms with Crippen LogP contribution in [0.4, 0.5) is 0 Å². The van der Waals surface area contributed by atoms with Gasteiger partial charge < -0.3 is 0 Å². The number of ether oxygens (including phenoxy) is 1. The van der Waals surface area contributed by atoms with Crippen molar-refractivity contribution in [3.63, 3.8) is 0 Å². The number of hydrogen-bond acceptors (Lipinski definition) is 2. The fraction of sp³-hybridized carbons (Fsp3) is 0.169. The molecule has 0 saturated heterocycles. The maximum absolute atomic E-state index is 6.90. The zero-order valence-corrected chi connectivity index (χ0v) is 43.2. The van der Waals surface area contributed by atoms with E-state index >= 15 is 0 Å². The maximum atomic E-state index is 6.90. The Hall–Kier alpha value is -7.33. The van der Waals surface area contributed by atoms with E-state index < -0.39 is 0 Å². The van der Waals surface area contributed by atoms with Gasteiger partial charge in [0.2, 0.25) is 0 Å². The van der Waals surface area contributed by atoms with Crippen LogP contribution in [0.25, 0.3) is 61.1 Å². The van der Waals surface area contributed by atoms with Crippen LogP contribution >= 0.6 is 0 Å². The minimum absolute atomic E-state index is 0.0535. The minimum Gasteiger partial charge on any atom is -0.0622 e. The molecule has 0 unspecified atom stereocenters. The van der Waals surface area contributed by atoms with Crippen LogP contribution in [0.1, 0.15) is 73.7 Å². The normalized spacial score (nSPS) is 13.0. The topological polar surface area (TPSA) is 36.4 Å². The van der Waals surface area contributed by atoms with Gasteiger partial charge >= 0.3 is 248 Å². The summed E-state index contributed by atoms with van der Waals surface area (Å²) in [5, 5.41) is 2.29. The molecule has 5 nitrogen and oxygen atoms in total. The van der Waals surface area contributed by atoms with E-state index in [9.17, 15) is 0 Å². The molecule has 0 fully saturated rings. The standard InChI is InChI=1S/C65H56N4O.Pt/c1-64(2,3)50-30-26-47(27-31-50)58-41-66-63(40-59(58)65(4,5)51-15-10-7-11-16-51)69-60-36-29-49(46-13-8-6-9-14-46)37-57(60)56-35-34-55(39-61(56)69)70-54-18-12-17-53(38-54)67-42-62-48-25-23-44-19-21-45(22-20-44)24-32-52(33-28-48)68(62)43-67;/h6-22,26-31,33-42H,23-25,32H2,1-5H3;.